The van der Waals surface area contributed by atoms with Gasteiger partial charge in [0.15, 0.2) is 5.84 Å². The number of nitrogens with one attached hydrogen (secondary N) is 1. The molecule has 0 bridgehead atoms. The molecule has 17 heavy (non-hydrogen) atoms. The van der Waals surface area contributed by atoms with Gasteiger partial charge in [0.2, 0.25) is 0 Å². The number of nitrogens with zero attached hydrogens (tertiary/aromatic N) is 4. The number of hydrogen-bond acceptors (Lipinski definition) is 5. The first-order chi connectivity index (χ1) is 8.01. The van der Waals surface area contributed by atoms with E-state index in [4.69, 9.17) is 11.6 Å². The molecule has 7 nitrogen and oxygen atoms in total. The minimum atomic E-state index is -0.659. The molecule has 1 aromatic rings. The van der Waals surface area contributed by atoms with Gasteiger partial charge in [-0.3, -0.25) is 4.84 Å². The molecule has 0 radical (unpaired) electrons. The standard InChI is InChI=1S/C9H14ClN5O2/c1-9(2,4-10)7(14-17-8(16)11-3)15-6-12-5-13-15/h5-6H,4H2,1-3H3,(H,11,16). The third-order valence-electron chi connectivity index (χ3n) is 1.99. The number of carbonyl (C=O) groups is 1. The second-order valence-corrected chi connectivity index (χ2v) is 4.17. The molecule has 0 aliphatic heterocycles. The van der Waals surface area contributed by atoms with Crippen molar-refractivity contribution in [1.29, 1.82) is 0 Å². The Balaban J connectivity index is 2.99. The van der Waals surface area contributed by atoms with Crippen molar-refractivity contribution in [3.8, 4) is 0 Å². The van der Waals surface area contributed by atoms with Gasteiger partial charge in [-0.2, -0.15) is 5.10 Å². The summed E-state index contributed by atoms with van der Waals surface area (Å²) in [6.45, 7) is 3.71. The topological polar surface area (TPSA) is 81.4 Å². The van der Waals surface area contributed by atoms with Gasteiger partial charge in [0.25, 0.3) is 0 Å². The average Bonchev–Trinajstić information content (AvgIpc) is 2.82. The zero-order valence-electron chi connectivity index (χ0n) is 9.85. The highest BCUT2D eigenvalue weighted by Crippen LogP contribution is 2.20. The molecule has 0 unspecified atom stereocenters. The third kappa shape index (κ3) is 3.42. The van der Waals surface area contributed by atoms with E-state index < -0.39 is 11.5 Å². The maximum absolute atomic E-state index is 11.0. The van der Waals surface area contributed by atoms with E-state index in [2.05, 4.69) is 25.4 Å². The van der Waals surface area contributed by atoms with Crippen molar-refractivity contribution in [1.82, 2.24) is 20.1 Å². The van der Waals surface area contributed by atoms with Gasteiger partial charge in [-0.25, -0.2) is 14.5 Å². The lowest BCUT2D eigenvalue weighted by Crippen LogP contribution is -2.33. The van der Waals surface area contributed by atoms with Crippen LogP contribution in [0.2, 0.25) is 0 Å². The second-order valence-electron chi connectivity index (χ2n) is 3.90. The fourth-order valence-corrected chi connectivity index (χ4v) is 1.10. The molecule has 0 saturated heterocycles. The van der Waals surface area contributed by atoms with Crippen molar-refractivity contribution in [2.45, 2.75) is 13.8 Å². The van der Waals surface area contributed by atoms with Gasteiger partial charge in [0, 0.05) is 18.3 Å². The first kappa shape index (κ1) is 13.4. The highest BCUT2D eigenvalue weighted by Gasteiger charge is 2.28. The van der Waals surface area contributed by atoms with Gasteiger partial charge in [0.1, 0.15) is 12.7 Å². The quantitative estimate of drug-likeness (QED) is 0.289. The number of halogens is 1. The summed E-state index contributed by atoms with van der Waals surface area (Å²) in [5.41, 5.74) is -0.511. The minimum Gasteiger partial charge on any atom is -0.323 e. The van der Waals surface area contributed by atoms with Gasteiger partial charge < -0.3 is 5.32 Å². The van der Waals surface area contributed by atoms with Gasteiger partial charge in [0.05, 0.1) is 0 Å². The van der Waals surface area contributed by atoms with Crippen molar-refractivity contribution in [2.75, 3.05) is 12.9 Å². The molecular formula is C9H14ClN5O2. The van der Waals surface area contributed by atoms with E-state index in [0.29, 0.717) is 11.7 Å². The number of carbonyl (C=O) groups excluding carboxylic acids is 1. The van der Waals surface area contributed by atoms with Crippen LogP contribution < -0.4 is 5.32 Å². The lowest BCUT2D eigenvalue weighted by atomic mass is 9.95. The number of aromatic nitrogens is 3. The van der Waals surface area contributed by atoms with Gasteiger partial charge in [-0.15, -0.1) is 11.6 Å². The predicted octanol–water partition coefficient (Wildman–Crippen LogP) is 1.06. The summed E-state index contributed by atoms with van der Waals surface area (Å²) in [6, 6.07) is 0. The molecule has 0 aliphatic rings. The molecule has 1 aromatic heterocycles. The van der Waals surface area contributed by atoms with Crippen LogP contribution in [0.3, 0.4) is 0 Å². The summed E-state index contributed by atoms with van der Waals surface area (Å²) in [4.78, 5) is 19.4. The Labute approximate surface area is 104 Å². The Morgan fingerprint density at radius 1 is 1.65 bits per heavy atom. The Hall–Kier alpha value is -1.63. The molecular weight excluding hydrogens is 246 g/mol. The Morgan fingerprint density at radius 2 is 2.35 bits per heavy atom. The van der Waals surface area contributed by atoms with Crippen LogP contribution in [0.15, 0.2) is 17.8 Å². The van der Waals surface area contributed by atoms with Crippen LogP contribution in [0.4, 0.5) is 4.79 Å². The van der Waals surface area contributed by atoms with E-state index >= 15 is 0 Å². The molecule has 1 heterocycles. The van der Waals surface area contributed by atoms with Gasteiger partial charge in [-0.1, -0.05) is 19.0 Å². The summed E-state index contributed by atoms with van der Waals surface area (Å²) in [5, 5.41) is 9.99. The maximum Gasteiger partial charge on any atom is 0.433 e. The molecule has 0 fully saturated rings. The number of hydrogen-bond donors (Lipinski definition) is 1. The third-order valence-corrected chi connectivity index (χ3v) is 2.66. The van der Waals surface area contributed by atoms with E-state index in [1.165, 1.54) is 24.4 Å². The fraction of sp³-hybridized carbons (Fsp3) is 0.556. The van der Waals surface area contributed by atoms with Crippen molar-refractivity contribution in [3.63, 3.8) is 0 Å². The number of rotatable bonds is 3. The van der Waals surface area contributed by atoms with Crippen LogP contribution in [-0.2, 0) is 4.84 Å². The van der Waals surface area contributed by atoms with E-state index in [0.717, 1.165) is 0 Å². The summed E-state index contributed by atoms with van der Waals surface area (Å²) < 4.78 is 1.41. The molecule has 1 rings (SSSR count). The van der Waals surface area contributed by atoms with Gasteiger partial charge >= 0.3 is 6.09 Å². The largest absolute Gasteiger partial charge is 0.433 e. The Bertz CT molecular complexity index is 402. The zero-order valence-corrected chi connectivity index (χ0v) is 10.6. The second kappa shape index (κ2) is 5.62. The highest BCUT2D eigenvalue weighted by atomic mass is 35.5. The number of alkyl halides is 1. The Kier molecular flexibility index (Phi) is 4.45. The Morgan fingerprint density at radius 3 is 2.82 bits per heavy atom. The molecule has 1 amide bonds. The molecule has 1 N–H and O–H groups in total. The van der Waals surface area contributed by atoms with Crippen molar-refractivity contribution in [3.05, 3.63) is 12.7 Å². The minimum absolute atomic E-state index is 0.294. The average molecular weight is 260 g/mol. The van der Waals surface area contributed by atoms with Gasteiger partial charge in [-0.05, 0) is 0 Å². The maximum atomic E-state index is 11.0. The van der Waals surface area contributed by atoms with E-state index in [1.807, 2.05) is 13.8 Å². The molecule has 94 valence electrons. The smallest absolute Gasteiger partial charge is 0.323 e. The van der Waals surface area contributed by atoms with E-state index in [9.17, 15) is 4.79 Å². The van der Waals surface area contributed by atoms with Crippen LogP contribution in [0.5, 0.6) is 0 Å². The summed E-state index contributed by atoms with van der Waals surface area (Å²) in [6.07, 6.45) is 2.16. The molecule has 0 aromatic carbocycles. The van der Waals surface area contributed by atoms with Crippen LogP contribution in [0.1, 0.15) is 13.8 Å². The monoisotopic (exact) mass is 259 g/mol. The normalized spacial score (nSPS) is 12.4. The van der Waals surface area contributed by atoms with Crippen LogP contribution in [0.25, 0.3) is 0 Å². The molecule has 0 aliphatic carbocycles. The van der Waals surface area contributed by atoms with Crippen molar-refractivity contribution in [2.24, 2.45) is 10.6 Å². The van der Waals surface area contributed by atoms with Crippen molar-refractivity contribution < 1.29 is 9.63 Å². The lowest BCUT2D eigenvalue weighted by molar-refractivity contribution is 0.151. The summed E-state index contributed by atoms with van der Waals surface area (Å²) in [7, 11) is 1.44. The van der Waals surface area contributed by atoms with Crippen LogP contribution in [0, 0.1) is 5.41 Å². The van der Waals surface area contributed by atoms with E-state index in [-0.39, 0.29) is 0 Å². The van der Waals surface area contributed by atoms with Crippen molar-refractivity contribution >= 4 is 23.5 Å². The SMILES string of the molecule is CNC(=O)ON=C(n1cncn1)C(C)(C)CCl. The zero-order chi connectivity index (χ0) is 12.9. The number of oxime groups is 1. The predicted molar refractivity (Wildman–Crippen MR) is 62.9 cm³/mol. The number of amides is 1. The molecule has 0 saturated carbocycles. The highest BCUT2D eigenvalue weighted by molar-refractivity contribution is 6.20. The molecule has 0 atom stereocenters. The van der Waals surface area contributed by atoms with E-state index in [1.54, 1.807) is 0 Å². The van der Waals surface area contributed by atoms with Crippen LogP contribution >= 0.6 is 11.6 Å². The fourth-order valence-electron chi connectivity index (χ4n) is 0.983. The lowest BCUT2D eigenvalue weighted by Gasteiger charge is -2.22. The molecule has 0 spiro atoms. The molecule has 8 heteroatoms. The summed E-state index contributed by atoms with van der Waals surface area (Å²) in [5.74, 6) is 0.691. The van der Waals surface area contributed by atoms with Crippen LogP contribution in [-0.4, -0.2) is 39.6 Å². The summed E-state index contributed by atoms with van der Waals surface area (Å²) >= 11 is 5.86. The first-order valence-electron chi connectivity index (χ1n) is 4.89. The first-order valence-corrected chi connectivity index (χ1v) is 5.43.